The Hall–Kier alpha value is -2.11. The van der Waals surface area contributed by atoms with E-state index in [2.05, 4.69) is 5.32 Å². The smallest absolute Gasteiger partial charge is 0.293 e. The van der Waals surface area contributed by atoms with Crippen LogP contribution < -0.4 is 5.32 Å². The van der Waals surface area contributed by atoms with Gasteiger partial charge in [0.1, 0.15) is 5.69 Å². The minimum absolute atomic E-state index is 0.0717. The lowest BCUT2D eigenvalue weighted by molar-refractivity contribution is -0.384. The molecule has 0 aromatic heterocycles. The van der Waals surface area contributed by atoms with Gasteiger partial charge in [-0.1, -0.05) is 18.9 Å². The van der Waals surface area contributed by atoms with Crippen LogP contribution in [0.2, 0.25) is 0 Å². The van der Waals surface area contributed by atoms with Crippen LogP contribution in [-0.2, 0) is 0 Å². The molecular formula is C15H21N3O3. The molecule has 0 bridgehead atoms. The molecule has 1 aromatic rings. The molecule has 1 N–H and O–H groups in total. The van der Waals surface area contributed by atoms with Gasteiger partial charge in [-0.15, -0.1) is 0 Å². The third kappa shape index (κ3) is 3.32. The maximum atomic E-state index is 12.6. The molecule has 0 saturated heterocycles. The fourth-order valence-corrected chi connectivity index (χ4v) is 3.00. The summed E-state index contributed by atoms with van der Waals surface area (Å²) in [5.41, 5.74) is 0.565. The Morgan fingerprint density at radius 3 is 2.67 bits per heavy atom. The number of para-hydroxylation sites is 1. The summed E-state index contributed by atoms with van der Waals surface area (Å²) in [4.78, 5) is 24.8. The summed E-state index contributed by atoms with van der Waals surface area (Å²) in [7, 11) is 3.36. The predicted octanol–water partition coefficient (Wildman–Crippen LogP) is 2.90. The van der Waals surface area contributed by atoms with Gasteiger partial charge in [0.05, 0.1) is 10.5 Å². The number of nitrogens with zero attached hydrogens (tertiary/aromatic N) is 2. The highest BCUT2D eigenvalue weighted by Gasteiger charge is 2.25. The molecule has 1 fully saturated rings. The molecule has 6 nitrogen and oxygen atoms in total. The summed E-state index contributed by atoms with van der Waals surface area (Å²) < 4.78 is 0. The summed E-state index contributed by atoms with van der Waals surface area (Å²) in [6.45, 7) is 0.713. The third-order valence-electron chi connectivity index (χ3n) is 4.07. The number of carbonyl (C=O) groups is 1. The first kappa shape index (κ1) is 15.3. The molecule has 1 aliphatic carbocycles. The first-order valence-electron chi connectivity index (χ1n) is 7.25. The summed E-state index contributed by atoms with van der Waals surface area (Å²) >= 11 is 0. The van der Waals surface area contributed by atoms with Crippen molar-refractivity contribution in [2.75, 3.05) is 26.0 Å². The monoisotopic (exact) mass is 291 g/mol. The number of benzene rings is 1. The van der Waals surface area contributed by atoms with Crippen molar-refractivity contribution in [3.63, 3.8) is 0 Å². The molecular weight excluding hydrogens is 270 g/mol. The standard InChI is InChI=1S/C15H21N3O3/c1-16-14-12(8-5-9-13(14)18(20)21)15(19)17(2)10-11-6-3-4-7-11/h5,8-9,11,16H,3-4,6-7,10H2,1-2H3. The van der Waals surface area contributed by atoms with Crippen LogP contribution in [-0.4, -0.2) is 36.4 Å². The van der Waals surface area contributed by atoms with Crippen molar-refractivity contribution < 1.29 is 9.72 Å². The van der Waals surface area contributed by atoms with E-state index in [0.717, 1.165) is 12.8 Å². The molecule has 21 heavy (non-hydrogen) atoms. The van der Waals surface area contributed by atoms with Crippen LogP contribution in [0.1, 0.15) is 36.0 Å². The number of rotatable bonds is 5. The zero-order valence-electron chi connectivity index (χ0n) is 12.5. The lowest BCUT2D eigenvalue weighted by atomic mass is 10.1. The summed E-state index contributed by atoms with van der Waals surface area (Å²) in [5.74, 6) is 0.380. The minimum Gasteiger partial charge on any atom is -0.382 e. The van der Waals surface area contributed by atoms with E-state index in [0.29, 0.717) is 18.0 Å². The molecule has 1 aliphatic rings. The van der Waals surface area contributed by atoms with Crippen molar-refractivity contribution in [1.82, 2.24) is 4.90 Å². The highest BCUT2D eigenvalue weighted by atomic mass is 16.6. The molecule has 2 rings (SSSR count). The fourth-order valence-electron chi connectivity index (χ4n) is 3.00. The number of amides is 1. The molecule has 0 heterocycles. The maximum absolute atomic E-state index is 12.6. The summed E-state index contributed by atoms with van der Waals surface area (Å²) in [5, 5.41) is 13.8. The van der Waals surface area contributed by atoms with Gasteiger partial charge < -0.3 is 10.2 Å². The molecule has 1 amide bonds. The van der Waals surface area contributed by atoms with Crippen LogP contribution in [0, 0.1) is 16.0 Å². The number of carbonyl (C=O) groups excluding carboxylic acids is 1. The average molecular weight is 291 g/mol. The second kappa shape index (κ2) is 6.56. The highest BCUT2D eigenvalue weighted by Crippen LogP contribution is 2.30. The number of nitro groups is 1. The van der Waals surface area contributed by atoms with E-state index >= 15 is 0 Å². The van der Waals surface area contributed by atoms with Gasteiger partial charge in [-0.2, -0.15) is 0 Å². The summed E-state index contributed by atoms with van der Waals surface area (Å²) in [6.07, 6.45) is 4.77. The molecule has 0 spiro atoms. The maximum Gasteiger partial charge on any atom is 0.293 e. The van der Waals surface area contributed by atoms with Gasteiger partial charge in [-0.05, 0) is 24.8 Å². The van der Waals surface area contributed by atoms with E-state index < -0.39 is 4.92 Å². The zero-order valence-corrected chi connectivity index (χ0v) is 12.5. The van der Waals surface area contributed by atoms with E-state index in [1.807, 2.05) is 0 Å². The largest absolute Gasteiger partial charge is 0.382 e. The second-order valence-electron chi connectivity index (χ2n) is 5.54. The van der Waals surface area contributed by atoms with Crippen LogP contribution in [0.25, 0.3) is 0 Å². The number of hydrogen-bond acceptors (Lipinski definition) is 4. The quantitative estimate of drug-likeness (QED) is 0.668. The predicted molar refractivity (Wildman–Crippen MR) is 81.6 cm³/mol. The lowest BCUT2D eigenvalue weighted by Crippen LogP contribution is -2.31. The summed E-state index contributed by atoms with van der Waals surface area (Å²) in [6, 6.07) is 4.58. The van der Waals surface area contributed by atoms with Crippen LogP contribution in [0.5, 0.6) is 0 Å². The molecule has 1 saturated carbocycles. The highest BCUT2D eigenvalue weighted by molar-refractivity contribution is 6.01. The van der Waals surface area contributed by atoms with Crippen LogP contribution in [0.3, 0.4) is 0 Å². The Labute approximate surface area is 124 Å². The van der Waals surface area contributed by atoms with Gasteiger partial charge in [-0.3, -0.25) is 14.9 Å². The fraction of sp³-hybridized carbons (Fsp3) is 0.533. The molecule has 0 unspecified atom stereocenters. The molecule has 0 radical (unpaired) electrons. The van der Waals surface area contributed by atoms with Crippen molar-refractivity contribution >= 4 is 17.3 Å². The van der Waals surface area contributed by atoms with Crippen LogP contribution in [0.15, 0.2) is 18.2 Å². The number of nitro benzene ring substituents is 1. The Bertz CT molecular complexity index is 539. The Kier molecular flexibility index (Phi) is 4.77. The first-order valence-corrected chi connectivity index (χ1v) is 7.25. The van der Waals surface area contributed by atoms with E-state index in [4.69, 9.17) is 0 Å². The van der Waals surface area contributed by atoms with Gasteiger partial charge in [0.25, 0.3) is 11.6 Å². The SMILES string of the molecule is CNc1c(C(=O)N(C)CC2CCCC2)cccc1[N+](=O)[O-]. The number of anilines is 1. The number of hydrogen-bond donors (Lipinski definition) is 1. The van der Waals surface area contributed by atoms with Gasteiger partial charge >= 0.3 is 0 Å². The van der Waals surface area contributed by atoms with Crippen molar-refractivity contribution in [2.24, 2.45) is 5.92 Å². The topological polar surface area (TPSA) is 75.5 Å². The van der Waals surface area contributed by atoms with Crippen molar-refractivity contribution in [2.45, 2.75) is 25.7 Å². The Morgan fingerprint density at radius 2 is 2.10 bits per heavy atom. The van der Waals surface area contributed by atoms with Gasteiger partial charge in [0.2, 0.25) is 0 Å². The normalized spacial score (nSPS) is 15.0. The zero-order chi connectivity index (χ0) is 15.4. The van der Waals surface area contributed by atoms with Crippen LogP contribution in [0.4, 0.5) is 11.4 Å². The van der Waals surface area contributed by atoms with Crippen LogP contribution >= 0.6 is 0 Å². The van der Waals surface area contributed by atoms with E-state index in [-0.39, 0.29) is 17.3 Å². The van der Waals surface area contributed by atoms with Gasteiger partial charge in [-0.25, -0.2) is 0 Å². The third-order valence-corrected chi connectivity index (χ3v) is 4.07. The lowest BCUT2D eigenvalue weighted by Gasteiger charge is -2.22. The van der Waals surface area contributed by atoms with E-state index in [1.54, 1.807) is 31.1 Å². The molecule has 6 heteroatoms. The first-order chi connectivity index (χ1) is 10.0. The van der Waals surface area contributed by atoms with Crippen molar-refractivity contribution in [3.8, 4) is 0 Å². The Balaban J connectivity index is 2.21. The van der Waals surface area contributed by atoms with Gasteiger partial charge in [0, 0.05) is 26.7 Å². The number of nitrogens with one attached hydrogen (secondary N) is 1. The minimum atomic E-state index is -0.473. The van der Waals surface area contributed by atoms with E-state index in [1.165, 1.54) is 18.9 Å². The van der Waals surface area contributed by atoms with Crippen molar-refractivity contribution in [1.29, 1.82) is 0 Å². The van der Waals surface area contributed by atoms with E-state index in [9.17, 15) is 14.9 Å². The van der Waals surface area contributed by atoms with Crippen molar-refractivity contribution in [3.05, 3.63) is 33.9 Å². The molecule has 0 atom stereocenters. The second-order valence-corrected chi connectivity index (χ2v) is 5.54. The Morgan fingerprint density at radius 1 is 1.43 bits per heavy atom. The average Bonchev–Trinajstić information content (AvgIpc) is 2.98. The molecule has 114 valence electrons. The molecule has 1 aromatic carbocycles. The molecule has 0 aliphatic heterocycles. The van der Waals surface area contributed by atoms with Gasteiger partial charge in [0.15, 0.2) is 0 Å².